The molecule has 1 heterocycles. The zero-order chi connectivity index (χ0) is 13.7. The quantitative estimate of drug-likeness (QED) is 0.757. The van der Waals surface area contributed by atoms with Crippen molar-refractivity contribution >= 4 is 21.7 Å². The lowest BCUT2D eigenvalue weighted by molar-refractivity contribution is 0.507. The Kier molecular flexibility index (Phi) is 5.85. The van der Waals surface area contributed by atoms with E-state index < -0.39 is 0 Å². The highest BCUT2D eigenvalue weighted by molar-refractivity contribution is 9.09. The van der Waals surface area contributed by atoms with Crippen LogP contribution in [0.3, 0.4) is 0 Å². The number of halogens is 1. The second kappa shape index (κ2) is 6.92. The molecule has 1 aromatic heterocycles. The predicted octanol–water partition coefficient (Wildman–Crippen LogP) is 2.51. The van der Waals surface area contributed by atoms with Crippen LogP contribution in [0.15, 0.2) is 17.2 Å². The van der Waals surface area contributed by atoms with Crippen molar-refractivity contribution in [3.8, 4) is 0 Å². The van der Waals surface area contributed by atoms with Crippen LogP contribution in [0, 0.1) is 5.92 Å². The number of nitrogens with zero attached hydrogens (tertiary/aromatic N) is 3. The van der Waals surface area contributed by atoms with Crippen molar-refractivity contribution < 1.29 is 0 Å². The van der Waals surface area contributed by atoms with Gasteiger partial charge in [0.1, 0.15) is 0 Å². The Morgan fingerprint density at radius 3 is 2.56 bits per heavy atom. The second-order valence-electron chi connectivity index (χ2n) is 5.08. The molecule has 0 amide bonds. The monoisotopic (exact) mass is 315 g/mol. The molecular formula is C13H22BrN3O. The van der Waals surface area contributed by atoms with E-state index in [4.69, 9.17) is 0 Å². The van der Waals surface area contributed by atoms with E-state index in [0.29, 0.717) is 11.7 Å². The lowest BCUT2D eigenvalue weighted by atomic mass is 10.2. The van der Waals surface area contributed by atoms with Crippen LogP contribution in [0.1, 0.15) is 27.7 Å². The summed E-state index contributed by atoms with van der Waals surface area (Å²) in [5, 5.41) is 0.825. The molecule has 1 aromatic rings. The number of rotatable bonds is 6. The van der Waals surface area contributed by atoms with E-state index in [-0.39, 0.29) is 11.6 Å². The summed E-state index contributed by atoms with van der Waals surface area (Å²) in [5.74, 6) is 0.995. The molecule has 0 saturated heterocycles. The Bertz CT molecular complexity index is 428. The molecule has 0 radical (unpaired) electrons. The Morgan fingerprint density at radius 1 is 1.39 bits per heavy atom. The van der Waals surface area contributed by atoms with E-state index in [2.05, 4.69) is 48.6 Å². The first kappa shape index (κ1) is 15.2. The van der Waals surface area contributed by atoms with Crippen LogP contribution in [-0.4, -0.2) is 27.5 Å². The van der Waals surface area contributed by atoms with Crippen molar-refractivity contribution in [2.75, 3.05) is 16.8 Å². The van der Waals surface area contributed by atoms with Gasteiger partial charge in [-0.2, -0.15) is 0 Å². The molecule has 0 unspecified atom stereocenters. The number of anilines is 1. The summed E-state index contributed by atoms with van der Waals surface area (Å²) >= 11 is 3.42. The van der Waals surface area contributed by atoms with Crippen molar-refractivity contribution in [1.29, 1.82) is 0 Å². The molecule has 0 aliphatic heterocycles. The summed E-state index contributed by atoms with van der Waals surface area (Å²) in [7, 11) is 0. The molecule has 0 N–H and O–H groups in total. The highest BCUT2D eigenvalue weighted by atomic mass is 79.9. The third kappa shape index (κ3) is 3.83. The molecule has 18 heavy (non-hydrogen) atoms. The van der Waals surface area contributed by atoms with Gasteiger partial charge in [0.05, 0.1) is 0 Å². The standard InChI is InChI=1S/C13H22BrN3O/c1-10(2)9-16-8-6-15-12(13(16)18)17(7-5-14)11(3)4/h6,8,10-11H,5,7,9H2,1-4H3. The normalized spacial score (nSPS) is 11.3. The van der Waals surface area contributed by atoms with Crippen LogP contribution in [0.4, 0.5) is 5.82 Å². The smallest absolute Gasteiger partial charge is 0.293 e. The fourth-order valence-corrected chi connectivity index (χ4v) is 2.25. The van der Waals surface area contributed by atoms with Crippen molar-refractivity contribution in [2.24, 2.45) is 5.92 Å². The van der Waals surface area contributed by atoms with Gasteiger partial charge in [0.2, 0.25) is 0 Å². The van der Waals surface area contributed by atoms with Crippen molar-refractivity contribution in [3.63, 3.8) is 0 Å². The molecule has 0 aliphatic carbocycles. The van der Waals surface area contributed by atoms with Gasteiger partial charge < -0.3 is 9.47 Å². The molecule has 4 nitrogen and oxygen atoms in total. The van der Waals surface area contributed by atoms with Crippen molar-refractivity contribution in [3.05, 3.63) is 22.7 Å². The van der Waals surface area contributed by atoms with Gasteiger partial charge in [0.25, 0.3) is 5.56 Å². The van der Waals surface area contributed by atoms with E-state index in [1.54, 1.807) is 17.0 Å². The maximum absolute atomic E-state index is 12.4. The maximum atomic E-state index is 12.4. The molecule has 0 fully saturated rings. The van der Waals surface area contributed by atoms with Gasteiger partial charge >= 0.3 is 0 Å². The van der Waals surface area contributed by atoms with Gasteiger partial charge in [-0.3, -0.25) is 4.79 Å². The lowest BCUT2D eigenvalue weighted by Crippen LogP contribution is -2.39. The van der Waals surface area contributed by atoms with Gasteiger partial charge in [-0.1, -0.05) is 29.8 Å². The summed E-state index contributed by atoms with van der Waals surface area (Å²) in [6.07, 6.45) is 3.47. The average molecular weight is 316 g/mol. The topological polar surface area (TPSA) is 38.1 Å². The van der Waals surface area contributed by atoms with Gasteiger partial charge in [0.15, 0.2) is 5.82 Å². The van der Waals surface area contributed by atoms with Crippen molar-refractivity contribution in [1.82, 2.24) is 9.55 Å². The minimum absolute atomic E-state index is 0.000787. The Morgan fingerprint density at radius 2 is 2.06 bits per heavy atom. The minimum atomic E-state index is 0.000787. The highest BCUT2D eigenvalue weighted by Gasteiger charge is 2.16. The lowest BCUT2D eigenvalue weighted by Gasteiger charge is -2.26. The Hall–Kier alpha value is -0.840. The van der Waals surface area contributed by atoms with Gasteiger partial charge in [0, 0.05) is 36.9 Å². The summed E-state index contributed by atoms with van der Waals surface area (Å²) in [6, 6.07) is 0.262. The van der Waals surface area contributed by atoms with Gasteiger partial charge in [-0.25, -0.2) is 4.98 Å². The number of hydrogen-bond donors (Lipinski definition) is 0. The minimum Gasteiger partial charge on any atom is -0.349 e. The number of alkyl halides is 1. The average Bonchev–Trinajstić information content (AvgIpc) is 2.28. The van der Waals surface area contributed by atoms with Crippen LogP contribution < -0.4 is 10.5 Å². The van der Waals surface area contributed by atoms with E-state index in [1.165, 1.54) is 0 Å². The van der Waals surface area contributed by atoms with Gasteiger partial charge in [-0.15, -0.1) is 0 Å². The first-order chi connectivity index (χ1) is 8.47. The van der Waals surface area contributed by atoms with Crippen LogP contribution in [0.5, 0.6) is 0 Å². The van der Waals surface area contributed by atoms with E-state index >= 15 is 0 Å². The third-order valence-electron chi connectivity index (χ3n) is 2.68. The Labute approximate surface area is 117 Å². The second-order valence-corrected chi connectivity index (χ2v) is 5.87. The largest absolute Gasteiger partial charge is 0.349 e. The maximum Gasteiger partial charge on any atom is 0.293 e. The third-order valence-corrected chi connectivity index (χ3v) is 3.03. The highest BCUT2D eigenvalue weighted by Crippen LogP contribution is 2.09. The van der Waals surface area contributed by atoms with Crippen LogP contribution in [-0.2, 0) is 6.54 Å². The number of hydrogen-bond acceptors (Lipinski definition) is 3. The van der Waals surface area contributed by atoms with Crippen LogP contribution in [0.2, 0.25) is 0 Å². The number of aromatic nitrogens is 2. The fourth-order valence-electron chi connectivity index (χ4n) is 1.87. The van der Waals surface area contributed by atoms with Gasteiger partial charge in [-0.05, 0) is 19.8 Å². The first-order valence-electron chi connectivity index (χ1n) is 6.35. The summed E-state index contributed by atoms with van der Waals surface area (Å²) < 4.78 is 1.75. The molecular weight excluding hydrogens is 294 g/mol. The van der Waals surface area contributed by atoms with E-state index in [9.17, 15) is 4.79 Å². The molecule has 0 saturated carbocycles. The molecule has 0 bridgehead atoms. The zero-order valence-electron chi connectivity index (χ0n) is 11.6. The molecule has 0 aromatic carbocycles. The zero-order valence-corrected chi connectivity index (χ0v) is 13.1. The SMILES string of the molecule is CC(C)Cn1ccnc(N(CCBr)C(C)C)c1=O. The Balaban J connectivity index is 3.11. The fraction of sp³-hybridized carbons (Fsp3) is 0.692. The van der Waals surface area contributed by atoms with Crippen LogP contribution >= 0.6 is 15.9 Å². The summed E-state index contributed by atoms with van der Waals surface area (Å²) in [5.41, 5.74) is 0.000787. The molecule has 0 atom stereocenters. The summed E-state index contributed by atoms with van der Waals surface area (Å²) in [4.78, 5) is 18.7. The van der Waals surface area contributed by atoms with E-state index in [1.807, 2.05) is 4.90 Å². The molecule has 0 spiro atoms. The van der Waals surface area contributed by atoms with Crippen molar-refractivity contribution in [2.45, 2.75) is 40.3 Å². The first-order valence-corrected chi connectivity index (χ1v) is 7.47. The molecule has 0 aliphatic rings. The van der Waals surface area contributed by atoms with E-state index in [0.717, 1.165) is 18.4 Å². The molecule has 102 valence electrons. The van der Waals surface area contributed by atoms with Crippen LogP contribution in [0.25, 0.3) is 0 Å². The molecule has 5 heteroatoms. The predicted molar refractivity (Wildman–Crippen MR) is 79.6 cm³/mol. The molecule has 1 rings (SSSR count). The summed E-state index contributed by atoms with van der Waals surface area (Å²) in [6.45, 7) is 9.86.